The van der Waals surface area contributed by atoms with Crippen molar-refractivity contribution in [1.82, 2.24) is 8.43 Å². The monoisotopic (exact) mass is 406 g/mol. The van der Waals surface area contributed by atoms with Crippen molar-refractivity contribution in [3.05, 3.63) is 0 Å². The Kier molecular flexibility index (Phi) is 5.61. The summed E-state index contributed by atoms with van der Waals surface area (Å²) in [7, 11) is 0. The van der Waals surface area contributed by atoms with Gasteiger partial charge in [0.25, 0.3) is 0 Å². The molecular weight excluding hydrogens is 375 g/mol. The van der Waals surface area contributed by atoms with E-state index in [4.69, 9.17) is 0 Å². The topological polar surface area (TPSA) is 32.3 Å². The van der Waals surface area contributed by atoms with E-state index in [1.54, 1.807) is 0 Å². The maximum atomic E-state index is 12.5. The molecule has 4 heteroatoms. The molecule has 1 N–H and O–H groups in total. The van der Waals surface area contributed by atoms with Gasteiger partial charge in [-0.3, -0.25) is 13.2 Å². The minimum Gasteiger partial charge on any atom is -0.297 e. The number of rotatable bonds is 7. The highest BCUT2D eigenvalue weighted by molar-refractivity contribution is 14.1. The van der Waals surface area contributed by atoms with Crippen molar-refractivity contribution in [2.75, 3.05) is 13.1 Å². The number of amides is 1. The third-order valence-corrected chi connectivity index (χ3v) is 6.79. The molecule has 1 heterocycles. The van der Waals surface area contributed by atoms with Crippen LogP contribution in [-0.4, -0.2) is 29.4 Å². The van der Waals surface area contributed by atoms with Crippen molar-refractivity contribution in [1.29, 1.82) is 0 Å². The van der Waals surface area contributed by atoms with Crippen LogP contribution in [0, 0.1) is 17.3 Å². The molecule has 0 aromatic heterocycles. The van der Waals surface area contributed by atoms with Gasteiger partial charge in [-0.05, 0) is 55.9 Å². The molecular formula is C17H31IN2O. The molecule has 1 aliphatic heterocycles. The molecule has 0 radical (unpaired) electrons. The lowest BCUT2D eigenvalue weighted by Crippen LogP contribution is -2.63. The summed E-state index contributed by atoms with van der Waals surface area (Å²) in [5, 5.41) is 0. The number of carbonyl (C=O) groups excluding carboxylic acids is 1. The van der Waals surface area contributed by atoms with Gasteiger partial charge in [-0.2, -0.15) is 0 Å². The lowest BCUT2D eigenvalue weighted by Gasteiger charge is -2.50. The first-order valence-electron chi connectivity index (χ1n) is 8.58. The SMILES string of the molecule is CCC(C)CC(C)(CC)CN1CCC2CCC21C(=O)NI. The zero-order valence-electron chi connectivity index (χ0n) is 14.0. The van der Waals surface area contributed by atoms with E-state index >= 15 is 0 Å². The normalized spacial score (nSPS) is 32.9. The fourth-order valence-electron chi connectivity index (χ4n) is 4.44. The summed E-state index contributed by atoms with van der Waals surface area (Å²) in [5.74, 6) is 1.61. The van der Waals surface area contributed by atoms with Gasteiger partial charge in [0.15, 0.2) is 0 Å². The number of nitrogens with one attached hydrogen (secondary N) is 1. The van der Waals surface area contributed by atoms with Crippen molar-refractivity contribution in [2.45, 2.75) is 71.8 Å². The van der Waals surface area contributed by atoms with Crippen molar-refractivity contribution in [3.8, 4) is 0 Å². The molecule has 1 aliphatic carbocycles. The summed E-state index contributed by atoms with van der Waals surface area (Å²) in [6, 6.07) is 0. The van der Waals surface area contributed by atoms with E-state index in [1.165, 1.54) is 32.1 Å². The second-order valence-electron chi connectivity index (χ2n) is 7.68. The summed E-state index contributed by atoms with van der Waals surface area (Å²) in [6.45, 7) is 11.5. The Hall–Kier alpha value is 0.160. The molecule has 2 rings (SSSR count). The van der Waals surface area contributed by atoms with E-state index in [0.717, 1.165) is 25.4 Å². The first-order valence-corrected chi connectivity index (χ1v) is 9.66. The molecule has 4 unspecified atom stereocenters. The number of fused-ring (bicyclic) bond motifs is 1. The second kappa shape index (κ2) is 6.73. The number of nitrogens with zero attached hydrogens (tertiary/aromatic N) is 1. The molecule has 0 aromatic carbocycles. The highest BCUT2D eigenvalue weighted by Gasteiger charge is 2.60. The highest BCUT2D eigenvalue weighted by Crippen LogP contribution is 2.52. The molecule has 1 saturated heterocycles. The largest absolute Gasteiger partial charge is 0.297 e. The van der Waals surface area contributed by atoms with E-state index in [-0.39, 0.29) is 11.4 Å². The van der Waals surface area contributed by atoms with Gasteiger partial charge in [0.2, 0.25) is 5.91 Å². The molecule has 0 bridgehead atoms. The Labute approximate surface area is 144 Å². The Morgan fingerprint density at radius 3 is 2.67 bits per heavy atom. The predicted octanol–water partition coefficient (Wildman–Crippen LogP) is 4.16. The van der Waals surface area contributed by atoms with Crippen LogP contribution in [0.15, 0.2) is 0 Å². The number of likely N-dealkylation sites (tertiary alicyclic amines) is 1. The maximum Gasteiger partial charge on any atom is 0.249 e. The fourth-order valence-corrected chi connectivity index (χ4v) is 4.91. The van der Waals surface area contributed by atoms with Crippen molar-refractivity contribution in [3.63, 3.8) is 0 Å². The second-order valence-corrected chi connectivity index (χ2v) is 8.21. The highest BCUT2D eigenvalue weighted by atomic mass is 127. The van der Waals surface area contributed by atoms with Crippen LogP contribution in [0.3, 0.4) is 0 Å². The van der Waals surface area contributed by atoms with Crippen molar-refractivity contribution < 1.29 is 4.79 Å². The zero-order chi connectivity index (χ0) is 15.7. The minimum absolute atomic E-state index is 0.174. The van der Waals surface area contributed by atoms with Gasteiger partial charge in [0, 0.05) is 6.54 Å². The van der Waals surface area contributed by atoms with Gasteiger partial charge < -0.3 is 0 Å². The molecule has 1 saturated carbocycles. The average molecular weight is 406 g/mol. The maximum absolute atomic E-state index is 12.5. The minimum atomic E-state index is -0.174. The molecule has 4 atom stereocenters. The first-order chi connectivity index (χ1) is 9.91. The van der Waals surface area contributed by atoms with Crippen LogP contribution in [0.25, 0.3) is 0 Å². The van der Waals surface area contributed by atoms with Crippen LogP contribution in [0.5, 0.6) is 0 Å². The molecule has 0 spiro atoms. The van der Waals surface area contributed by atoms with Gasteiger partial charge in [-0.15, -0.1) is 0 Å². The van der Waals surface area contributed by atoms with E-state index in [0.29, 0.717) is 11.3 Å². The van der Waals surface area contributed by atoms with Crippen LogP contribution in [0.1, 0.15) is 66.2 Å². The average Bonchev–Trinajstić information content (AvgIpc) is 2.68. The third kappa shape index (κ3) is 3.12. The van der Waals surface area contributed by atoms with Crippen LogP contribution in [-0.2, 0) is 4.79 Å². The predicted molar refractivity (Wildman–Crippen MR) is 96.3 cm³/mol. The smallest absolute Gasteiger partial charge is 0.249 e. The van der Waals surface area contributed by atoms with E-state index in [9.17, 15) is 4.79 Å². The van der Waals surface area contributed by atoms with Gasteiger partial charge in [0.05, 0.1) is 22.9 Å². The molecule has 21 heavy (non-hydrogen) atoms. The Balaban J connectivity index is 2.11. The molecule has 2 aliphatic rings. The quantitative estimate of drug-likeness (QED) is 0.509. The van der Waals surface area contributed by atoms with Gasteiger partial charge >= 0.3 is 0 Å². The molecule has 122 valence electrons. The number of carbonyl (C=O) groups is 1. The Morgan fingerprint density at radius 1 is 1.48 bits per heavy atom. The fraction of sp³-hybridized carbons (Fsp3) is 0.941. The van der Waals surface area contributed by atoms with Gasteiger partial charge in [-0.25, -0.2) is 0 Å². The molecule has 3 nitrogen and oxygen atoms in total. The molecule has 1 amide bonds. The summed E-state index contributed by atoms with van der Waals surface area (Å²) >= 11 is 2.01. The van der Waals surface area contributed by atoms with Crippen molar-refractivity contribution in [2.24, 2.45) is 17.3 Å². The van der Waals surface area contributed by atoms with E-state index < -0.39 is 0 Å². The van der Waals surface area contributed by atoms with Gasteiger partial charge in [0.1, 0.15) is 5.54 Å². The number of hydrogen-bond donors (Lipinski definition) is 1. The van der Waals surface area contributed by atoms with Crippen LogP contribution in [0.4, 0.5) is 0 Å². The van der Waals surface area contributed by atoms with Gasteiger partial charge in [-0.1, -0.05) is 34.1 Å². The first kappa shape index (κ1) is 17.5. The Bertz CT molecular complexity index is 389. The van der Waals surface area contributed by atoms with E-state index in [1.807, 2.05) is 22.9 Å². The summed E-state index contributed by atoms with van der Waals surface area (Å²) in [4.78, 5) is 15.0. The summed E-state index contributed by atoms with van der Waals surface area (Å²) in [5.41, 5.74) is 0.158. The third-order valence-electron chi connectivity index (χ3n) is 6.30. The van der Waals surface area contributed by atoms with Crippen LogP contribution >= 0.6 is 22.9 Å². The lowest BCUT2D eigenvalue weighted by atomic mass is 9.66. The van der Waals surface area contributed by atoms with Crippen molar-refractivity contribution >= 4 is 28.8 Å². The molecule has 0 aromatic rings. The lowest BCUT2D eigenvalue weighted by molar-refractivity contribution is -0.139. The van der Waals surface area contributed by atoms with E-state index in [2.05, 4.69) is 36.1 Å². The summed E-state index contributed by atoms with van der Waals surface area (Å²) in [6.07, 6.45) is 7.19. The summed E-state index contributed by atoms with van der Waals surface area (Å²) < 4.78 is 2.90. The Morgan fingerprint density at radius 2 is 2.19 bits per heavy atom. The molecule has 2 fully saturated rings. The van der Waals surface area contributed by atoms with Crippen LogP contribution < -0.4 is 3.53 Å². The number of halogens is 1. The van der Waals surface area contributed by atoms with Crippen LogP contribution in [0.2, 0.25) is 0 Å². The zero-order valence-corrected chi connectivity index (χ0v) is 16.2. The number of hydrogen-bond acceptors (Lipinski definition) is 2. The standard InChI is InChI=1S/C17H31IN2O/c1-5-13(3)11-16(4,6-2)12-20-10-8-14-7-9-17(14,20)15(21)19-18/h13-14H,5-12H2,1-4H3,(H,19,21).